The number of hydrogen-bond donors (Lipinski definition) is 2. The van der Waals surface area contributed by atoms with Gasteiger partial charge >= 0.3 is 0 Å². The Balaban J connectivity index is 1.22. The molecule has 2 bridgehead atoms. The fourth-order valence-electron chi connectivity index (χ4n) is 5.56. The molecule has 2 aromatic heterocycles. The first-order chi connectivity index (χ1) is 13.4. The van der Waals surface area contributed by atoms with Crippen molar-refractivity contribution in [2.24, 2.45) is 5.92 Å². The maximum absolute atomic E-state index is 10.5. The van der Waals surface area contributed by atoms with Crippen LogP contribution in [0, 0.1) is 17.2 Å². The molecule has 5 rings (SSSR count). The molecule has 2 aliphatic carbocycles. The predicted octanol–water partition coefficient (Wildman–Crippen LogP) is 4.03. The van der Waals surface area contributed by atoms with Crippen LogP contribution in [0.4, 0.5) is 5.82 Å². The van der Waals surface area contributed by atoms with Crippen LogP contribution >= 0.6 is 15.9 Å². The third kappa shape index (κ3) is 3.02. The molecule has 3 fully saturated rings. The molecule has 0 aromatic carbocycles. The van der Waals surface area contributed by atoms with Crippen LogP contribution in [0.2, 0.25) is 0 Å². The van der Waals surface area contributed by atoms with Gasteiger partial charge in [0.2, 0.25) is 5.76 Å². The number of nitrogens with zero attached hydrogens (tertiary/aromatic N) is 3. The van der Waals surface area contributed by atoms with Crippen LogP contribution in [0.25, 0.3) is 11.0 Å². The highest BCUT2D eigenvalue weighted by molar-refractivity contribution is 9.10. The summed E-state index contributed by atoms with van der Waals surface area (Å²) in [6.45, 7) is 3.07. The van der Waals surface area contributed by atoms with Gasteiger partial charge in [-0.3, -0.25) is 4.90 Å². The molecule has 1 aliphatic heterocycles. The predicted molar refractivity (Wildman–Crippen MR) is 110 cm³/mol. The number of fused-ring (bicyclic) bond motifs is 3. The van der Waals surface area contributed by atoms with Crippen molar-refractivity contribution in [3.05, 3.63) is 22.5 Å². The third-order valence-electron chi connectivity index (χ3n) is 7.12. The van der Waals surface area contributed by atoms with Crippen molar-refractivity contribution in [2.45, 2.75) is 69.2 Å². The first kappa shape index (κ1) is 18.4. The zero-order valence-corrected chi connectivity index (χ0v) is 17.6. The molecular formula is C21H25BrN4O2. The van der Waals surface area contributed by atoms with Crippen molar-refractivity contribution in [1.29, 1.82) is 5.26 Å². The highest BCUT2D eigenvalue weighted by atomic mass is 79.9. The monoisotopic (exact) mass is 444 g/mol. The number of aromatic nitrogens is 1. The van der Waals surface area contributed by atoms with Crippen molar-refractivity contribution in [3.8, 4) is 6.07 Å². The topological polar surface area (TPSA) is 85.3 Å². The zero-order chi connectivity index (χ0) is 19.5. The summed E-state index contributed by atoms with van der Waals surface area (Å²) in [7, 11) is 0. The maximum atomic E-state index is 10.5. The Hall–Kier alpha value is -1.62. The summed E-state index contributed by atoms with van der Waals surface area (Å²) in [5, 5.41) is 23.9. The number of nitrogens with one attached hydrogen (secondary N) is 1. The molecule has 0 radical (unpaired) electrons. The molecule has 3 atom stereocenters. The van der Waals surface area contributed by atoms with Crippen molar-refractivity contribution in [1.82, 2.24) is 9.88 Å². The standard InChI is InChI=1S/C21H25BrN4O2/c1-21(27)8-15-6-12(21)11-26(15)14-4-2-13(3-5-14)25-20-19(22)17-7-16(9-23)28-18(17)10-24-20/h7,10,12-15,27H,2-6,8,11H2,1H3,(H,24,25). The summed E-state index contributed by atoms with van der Waals surface area (Å²) in [5.74, 6) is 1.57. The lowest BCUT2D eigenvalue weighted by atomic mass is 9.86. The van der Waals surface area contributed by atoms with Crippen LogP contribution in [0.1, 0.15) is 51.2 Å². The molecule has 0 spiro atoms. The number of anilines is 1. The molecule has 2 saturated carbocycles. The van der Waals surface area contributed by atoms with E-state index >= 15 is 0 Å². The van der Waals surface area contributed by atoms with Crippen LogP contribution in [0.3, 0.4) is 0 Å². The van der Waals surface area contributed by atoms with Crippen LogP contribution in [0.5, 0.6) is 0 Å². The molecule has 3 heterocycles. The van der Waals surface area contributed by atoms with Gasteiger partial charge in [0.25, 0.3) is 0 Å². The van der Waals surface area contributed by atoms with E-state index in [1.807, 2.05) is 13.0 Å². The number of likely N-dealkylation sites (tertiary alicyclic amines) is 1. The lowest BCUT2D eigenvalue weighted by molar-refractivity contribution is -0.0297. The van der Waals surface area contributed by atoms with E-state index in [9.17, 15) is 5.11 Å². The van der Waals surface area contributed by atoms with E-state index in [4.69, 9.17) is 9.68 Å². The molecule has 148 valence electrons. The number of aliphatic hydroxyl groups is 1. The number of furan rings is 1. The van der Waals surface area contributed by atoms with E-state index in [0.717, 1.165) is 47.9 Å². The number of halogens is 1. The van der Waals surface area contributed by atoms with Gasteiger partial charge in [-0.1, -0.05) is 0 Å². The molecule has 6 nitrogen and oxygen atoms in total. The van der Waals surface area contributed by atoms with E-state index in [1.165, 1.54) is 12.8 Å². The second-order valence-electron chi connectivity index (χ2n) is 8.92. The normalized spacial score (nSPS) is 35.4. The SMILES string of the molecule is CC1(O)CC2CC1CN2C1CCC(Nc2ncc3oc(C#N)cc3c2Br)CC1. The van der Waals surface area contributed by atoms with Gasteiger partial charge in [-0.15, -0.1) is 0 Å². The second-order valence-corrected chi connectivity index (χ2v) is 9.71. The number of piperidine rings is 1. The van der Waals surface area contributed by atoms with E-state index in [2.05, 4.69) is 31.1 Å². The minimum atomic E-state index is -0.449. The van der Waals surface area contributed by atoms with Crippen molar-refractivity contribution in [3.63, 3.8) is 0 Å². The smallest absolute Gasteiger partial charge is 0.204 e. The first-order valence-electron chi connectivity index (χ1n) is 10.2. The minimum absolute atomic E-state index is 0.300. The average Bonchev–Trinajstić information content (AvgIpc) is 3.36. The summed E-state index contributed by atoms with van der Waals surface area (Å²) in [5.41, 5.74) is 0.173. The van der Waals surface area contributed by atoms with Crippen LogP contribution in [-0.4, -0.2) is 45.3 Å². The van der Waals surface area contributed by atoms with E-state index in [-0.39, 0.29) is 0 Å². The fraction of sp³-hybridized carbons (Fsp3) is 0.619. The van der Waals surface area contributed by atoms with Gasteiger partial charge in [0.1, 0.15) is 11.9 Å². The van der Waals surface area contributed by atoms with Gasteiger partial charge in [-0.25, -0.2) is 4.98 Å². The molecular weight excluding hydrogens is 420 g/mol. The van der Waals surface area contributed by atoms with E-state index in [1.54, 1.807) is 12.3 Å². The number of nitriles is 1. The second kappa shape index (κ2) is 6.72. The highest BCUT2D eigenvalue weighted by Gasteiger charge is 2.52. The summed E-state index contributed by atoms with van der Waals surface area (Å²) in [6.07, 6.45) is 8.40. The lowest BCUT2D eigenvalue weighted by Gasteiger charge is -2.42. The third-order valence-corrected chi connectivity index (χ3v) is 7.92. The molecule has 0 amide bonds. The van der Waals surface area contributed by atoms with Gasteiger partial charge in [0, 0.05) is 42.0 Å². The highest BCUT2D eigenvalue weighted by Crippen LogP contribution is 2.47. The fourth-order valence-corrected chi connectivity index (χ4v) is 6.09. The molecule has 3 aliphatic rings. The Kier molecular flexibility index (Phi) is 4.42. The first-order valence-corrected chi connectivity index (χ1v) is 11.0. The van der Waals surface area contributed by atoms with Gasteiger partial charge < -0.3 is 14.8 Å². The Morgan fingerprint density at radius 1 is 1.36 bits per heavy atom. The van der Waals surface area contributed by atoms with Crippen molar-refractivity contribution in [2.75, 3.05) is 11.9 Å². The molecule has 28 heavy (non-hydrogen) atoms. The van der Waals surface area contributed by atoms with Crippen molar-refractivity contribution < 1.29 is 9.52 Å². The molecule has 7 heteroatoms. The molecule has 2 N–H and O–H groups in total. The van der Waals surface area contributed by atoms with Crippen molar-refractivity contribution >= 4 is 32.7 Å². The zero-order valence-electron chi connectivity index (χ0n) is 16.0. The molecule has 1 saturated heterocycles. The van der Waals surface area contributed by atoms with Gasteiger partial charge in [-0.2, -0.15) is 5.26 Å². The summed E-state index contributed by atoms with van der Waals surface area (Å²) < 4.78 is 6.31. The Bertz CT molecular complexity index is 942. The molecule has 3 unspecified atom stereocenters. The quantitative estimate of drug-likeness (QED) is 0.742. The van der Waals surface area contributed by atoms with Gasteiger partial charge in [0.05, 0.1) is 16.3 Å². The summed E-state index contributed by atoms with van der Waals surface area (Å²) in [4.78, 5) is 7.17. The van der Waals surface area contributed by atoms with Gasteiger partial charge in [0.15, 0.2) is 5.58 Å². The van der Waals surface area contributed by atoms with Crippen LogP contribution in [0.15, 0.2) is 21.2 Å². The maximum Gasteiger partial charge on any atom is 0.204 e. The number of pyridine rings is 1. The van der Waals surface area contributed by atoms with Crippen LogP contribution < -0.4 is 5.32 Å². The minimum Gasteiger partial charge on any atom is -0.444 e. The van der Waals surface area contributed by atoms with Crippen LogP contribution in [-0.2, 0) is 0 Å². The molecule has 2 aromatic rings. The van der Waals surface area contributed by atoms with E-state index in [0.29, 0.717) is 35.4 Å². The van der Waals surface area contributed by atoms with Gasteiger partial charge in [-0.05, 0) is 61.4 Å². The summed E-state index contributed by atoms with van der Waals surface area (Å²) in [6, 6.07) is 5.41. The summed E-state index contributed by atoms with van der Waals surface area (Å²) >= 11 is 3.62. The Morgan fingerprint density at radius 3 is 2.79 bits per heavy atom. The number of hydrogen-bond acceptors (Lipinski definition) is 6. The van der Waals surface area contributed by atoms with E-state index < -0.39 is 5.60 Å². The Morgan fingerprint density at radius 2 is 2.14 bits per heavy atom. The Labute approximate surface area is 173 Å². The average molecular weight is 445 g/mol. The largest absolute Gasteiger partial charge is 0.444 e. The lowest BCUT2D eigenvalue weighted by Crippen LogP contribution is -2.49. The number of rotatable bonds is 3.